The van der Waals surface area contributed by atoms with Crippen LogP contribution < -0.4 is 10.6 Å². The third-order valence-corrected chi connectivity index (χ3v) is 6.22. The molecule has 0 unspecified atom stereocenters. The van der Waals surface area contributed by atoms with Gasteiger partial charge in [-0.3, -0.25) is 4.79 Å². The summed E-state index contributed by atoms with van der Waals surface area (Å²) < 4.78 is 10.2. The first-order valence-corrected chi connectivity index (χ1v) is 11.6. The van der Waals surface area contributed by atoms with Gasteiger partial charge in [-0.15, -0.1) is 0 Å². The van der Waals surface area contributed by atoms with Gasteiger partial charge in [-0.25, -0.2) is 9.59 Å². The van der Waals surface area contributed by atoms with Crippen molar-refractivity contribution >= 4 is 18.0 Å². The van der Waals surface area contributed by atoms with E-state index in [2.05, 4.69) is 10.6 Å². The van der Waals surface area contributed by atoms with Crippen LogP contribution in [0.5, 0.6) is 0 Å². The summed E-state index contributed by atoms with van der Waals surface area (Å²) in [5, 5.41) is 15.4. The summed E-state index contributed by atoms with van der Waals surface area (Å²) in [7, 11) is 1.25. The first-order valence-electron chi connectivity index (χ1n) is 11.6. The van der Waals surface area contributed by atoms with E-state index in [4.69, 9.17) is 9.47 Å². The van der Waals surface area contributed by atoms with Crippen molar-refractivity contribution in [3.63, 3.8) is 0 Å². The summed E-state index contributed by atoms with van der Waals surface area (Å²) in [5.74, 6) is -1.89. The Hall–Kier alpha value is -4.17. The van der Waals surface area contributed by atoms with Crippen molar-refractivity contribution in [2.75, 3.05) is 7.11 Å². The lowest BCUT2D eigenvalue weighted by molar-refractivity contribution is -0.146. The molecule has 1 aliphatic carbocycles. The number of alkyl carbamates (subject to hydrolysis) is 1. The maximum Gasteiger partial charge on any atom is 0.408 e. The van der Waals surface area contributed by atoms with Crippen LogP contribution in [-0.2, 0) is 25.7 Å². The Balaban J connectivity index is 1.54. The molecule has 0 radical (unpaired) electrons. The molecule has 0 saturated heterocycles. The summed E-state index contributed by atoms with van der Waals surface area (Å²) in [6.07, 6.45) is -2.12. The van der Waals surface area contributed by atoms with Crippen molar-refractivity contribution < 1.29 is 29.0 Å². The van der Waals surface area contributed by atoms with Gasteiger partial charge in [-0.2, -0.15) is 0 Å². The molecule has 3 atom stereocenters. The Kier molecular flexibility index (Phi) is 7.65. The van der Waals surface area contributed by atoms with Gasteiger partial charge in [0.2, 0.25) is 5.91 Å². The number of carbonyl (C=O) groups excluding carboxylic acids is 3. The SMILES string of the molecule is COC(=O)[C@H](NC(=O)[C@@H](NC(=O)OCc1ccccc1)[C@@H](C)O)C1c2ccccc2-c2ccccc21. The van der Waals surface area contributed by atoms with Gasteiger partial charge in [0.15, 0.2) is 0 Å². The number of aliphatic hydroxyl groups is 1. The van der Waals surface area contributed by atoms with Crippen LogP contribution in [0.1, 0.15) is 29.5 Å². The minimum absolute atomic E-state index is 0.00124. The molecule has 0 bridgehead atoms. The highest BCUT2D eigenvalue weighted by Gasteiger charge is 2.41. The average molecular weight is 489 g/mol. The molecule has 0 aromatic heterocycles. The summed E-state index contributed by atoms with van der Waals surface area (Å²) in [5.41, 5.74) is 4.46. The standard InChI is InChI=1S/C28H28N2O6/c1-17(31)24(30-28(34)36-16-18-10-4-3-5-11-18)26(32)29-25(27(33)35-2)23-21-14-8-6-12-19(21)20-13-7-9-15-22(20)23/h3-15,17,23-25,31H,16H2,1-2H3,(H,29,32)(H,30,34)/t17-,24+,25-/m1/s1. The Bertz CT molecular complexity index is 1200. The van der Waals surface area contributed by atoms with E-state index in [1.807, 2.05) is 66.7 Å². The van der Waals surface area contributed by atoms with E-state index in [0.29, 0.717) is 0 Å². The molecule has 0 fully saturated rings. The fourth-order valence-corrected chi connectivity index (χ4v) is 4.50. The van der Waals surface area contributed by atoms with Crippen LogP contribution in [-0.4, -0.2) is 48.4 Å². The van der Waals surface area contributed by atoms with Crippen molar-refractivity contribution in [3.8, 4) is 11.1 Å². The highest BCUT2D eigenvalue weighted by molar-refractivity contribution is 5.92. The van der Waals surface area contributed by atoms with E-state index in [0.717, 1.165) is 27.8 Å². The van der Waals surface area contributed by atoms with E-state index in [-0.39, 0.29) is 6.61 Å². The largest absolute Gasteiger partial charge is 0.467 e. The molecule has 8 heteroatoms. The molecule has 0 saturated carbocycles. The monoisotopic (exact) mass is 488 g/mol. The number of nitrogens with one attached hydrogen (secondary N) is 2. The van der Waals surface area contributed by atoms with Gasteiger partial charge >= 0.3 is 12.1 Å². The third kappa shape index (κ3) is 5.23. The van der Waals surface area contributed by atoms with Crippen molar-refractivity contribution in [2.24, 2.45) is 0 Å². The van der Waals surface area contributed by atoms with E-state index >= 15 is 0 Å². The maximum atomic E-state index is 13.3. The van der Waals surface area contributed by atoms with E-state index in [1.165, 1.54) is 14.0 Å². The molecule has 36 heavy (non-hydrogen) atoms. The first kappa shape index (κ1) is 24.9. The summed E-state index contributed by atoms with van der Waals surface area (Å²) in [6.45, 7) is 1.37. The van der Waals surface area contributed by atoms with Gasteiger partial charge in [0, 0.05) is 5.92 Å². The van der Waals surface area contributed by atoms with Crippen LogP contribution in [0.2, 0.25) is 0 Å². The lowest BCUT2D eigenvalue weighted by Gasteiger charge is -2.27. The number of ether oxygens (including phenoxy) is 2. The quantitative estimate of drug-likeness (QED) is 0.420. The molecule has 186 valence electrons. The fourth-order valence-electron chi connectivity index (χ4n) is 4.50. The Morgan fingerprint density at radius 2 is 1.42 bits per heavy atom. The molecule has 3 aromatic rings. The van der Waals surface area contributed by atoms with Gasteiger partial charge in [-0.05, 0) is 34.7 Å². The second kappa shape index (κ2) is 11.0. The lowest BCUT2D eigenvalue weighted by atomic mass is 9.89. The predicted molar refractivity (Wildman–Crippen MR) is 133 cm³/mol. The molecule has 4 rings (SSSR count). The van der Waals surface area contributed by atoms with Crippen molar-refractivity contribution in [1.29, 1.82) is 0 Å². The number of esters is 1. The van der Waals surface area contributed by atoms with Crippen LogP contribution in [0.25, 0.3) is 11.1 Å². The minimum Gasteiger partial charge on any atom is -0.467 e. The van der Waals surface area contributed by atoms with Gasteiger partial charge in [0.25, 0.3) is 0 Å². The summed E-state index contributed by atoms with van der Waals surface area (Å²) in [6, 6.07) is 21.9. The fraction of sp³-hybridized carbons (Fsp3) is 0.250. The molecule has 1 aliphatic rings. The van der Waals surface area contributed by atoms with E-state index in [9.17, 15) is 19.5 Å². The van der Waals surface area contributed by atoms with Gasteiger partial charge in [-0.1, -0.05) is 78.9 Å². The second-order valence-corrected chi connectivity index (χ2v) is 8.59. The summed E-state index contributed by atoms with van der Waals surface area (Å²) in [4.78, 5) is 38.6. The number of benzene rings is 3. The topological polar surface area (TPSA) is 114 Å². The molecular weight excluding hydrogens is 460 g/mol. The van der Waals surface area contributed by atoms with Crippen LogP contribution in [0.3, 0.4) is 0 Å². The first-order chi connectivity index (χ1) is 17.4. The lowest BCUT2D eigenvalue weighted by Crippen LogP contribution is -2.57. The average Bonchev–Trinajstić information content (AvgIpc) is 3.23. The molecular formula is C28H28N2O6. The number of hydrogen-bond donors (Lipinski definition) is 3. The number of fused-ring (bicyclic) bond motifs is 3. The number of rotatable bonds is 8. The molecule has 2 amide bonds. The molecule has 3 N–H and O–H groups in total. The molecule has 3 aromatic carbocycles. The van der Waals surface area contributed by atoms with Gasteiger partial charge in [0.1, 0.15) is 18.7 Å². The summed E-state index contributed by atoms with van der Waals surface area (Å²) >= 11 is 0. The zero-order valence-corrected chi connectivity index (χ0v) is 20.0. The van der Waals surface area contributed by atoms with E-state index in [1.54, 1.807) is 12.1 Å². The molecule has 0 spiro atoms. The normalized spacial score (nSPS) is 14.5. The van der Waals surface area contributed by atoms with Crippen molar-refractivity contribution in [3.05, 3.63) is 95.6 Å². The smallest absolute Gasteiger partial charge is 0.408 e. The minimum atomic E-state index is -1.35. The van der Waals surface area contributed by atoms with Crippen LogP contribution in [0.4, 0.5) is 4.79 Å². The number of carbonyl (C=O) groups is 3. The third-order valence-electron chi connectivity index (χ3n) is 6.22. The predicted octanol–water partition coefficient (Wildman–Crippen LogP) is 3.13. The van der Waals surface area contributed by atoms with Gasteiger partial charge in [0.05, 0.1) is 13.2 Å². The number of amides is 2. The Morgan fingerprint density at radius 3 is 1.97 bits per heavy atom. The highest BCUT2D eigenvalue weighted by atomic mass is 16.5. The van der Waals surface area contributed by atoms with Gasteiger partial charge < -0.3 is 25.2 Å². The Labute approximate surface area is 209 Å². The number of aliphatic hydroxyl groups excluding tert-OH is 1. The van der Waals surface area contributed by atoms with E-state index < -0.39 is 42.1 Å². The van der Waals surface area contributed by atoms with Crippen LogP contribution >= 0.6 is 0 Å². The molecule has 0 aliphatic heterocycles. The maximum absolute atomic E-state index is 13.3. The van der Waals surface area contributed by atoms with Crippen molar-refractivity contribution in [2.45, 2.75) is 37.6 Å². The molecule has 0 heterocycles. The Morgan fingerprint density at radius 1 is 0.861 bits per heavy atom. The zero-order chi connectivity index (χ0) is 25.7. The zero-order valence-electron chi connectivity index (χ0n) is 20.0. The molecule has 8 nitrogen and oxygen atoms in total. The highest BCUT2D eigenvalue weighted by Crippen LogP contribution is 2.46. The number of methoxy groups -OCH3 is 1. The number of hydrogen-bond acceptors (Lipinski definition) is 6. The second-order valence-electron chi connectivity index (χ2n) is 8.59. The van der Waals surface area contributed by atoms with Crippen LogP contribution in [0, 0.1) is 0 Å². The van der Waals surface area contributed by atoms with Crippen LogP contribution in [0.15, 0.2) is 78.9 Å². The van der Waals surface area contributed by atoms with Crippen molar-refractivity contribution in [1.82, 2.24) is 10.6 Å².